The van der Waals surface area contributed by atoms with Crippen molar-refractivity contribution in [1.82, 2.24) is 9.88 Å². The van der Waals surface area contributed by atoms with Gasteiger partial charge < -0.3 is 5.32 Å². The van der Waals surface area contributed by atoms with Crippen LogP contribution in [-0.4, -0.2) is 34.2 Å². The zero-order valence-corrected chi connectivity index (χ0v) is 17.9. The van der Waals surface area contributed by atoms with Gasteiger partial charge in [-0.1, -0.05) is 37.1 Å². The van der Waals surface area contributed by atoms with Crippen LogP contribution >= 0.6 is 11.3 Å². The number of nitrogens with zero attached hydrogens (tertiary/aromatic N) is 2. The lowest BCUT2D eigenvalue weighted by Crippen LogP contribution is -2.38. The van der Waals surface area contributed by atoms with Crippen LogP contribution in [0.1, 0.15) is 36.3 Å². The van der Waals surface area contributed by atoms with Gasteiger partial charge in [-0.15, -0.1) is 11.3 Å². The van der Waals surface area contributed by atoms with Crippen molar-refractivity contribution in [2.24, 2.45) is 11.8 Å². The molecular formula is C24H23N3O3S. The summed E-state index contributed by atoms with van der Waals surface area (Å²) >= 11 is 1.68. The molecule has 3 amide bonds. The Balaban J connectivity index is 1.20. The van der Waals surface area contributed by atoms with Gasteiger partial charge in [0.2, 0.25) is 17.7 Å². The fraction of sp³-hybridized carbons (Fsp3) is 0.333. The number of hydrogen-bond donors (Lipinski definition) is 1. The van der Waals surface area contributed by atoms with Gasteiger partial charge >= 0.3 is 0 Å². The highest BCUT2D eigenvalue weighted by Gasteiger charge is 2.48. The van der Waals surface area contributed by atoms with E-state index >= 15 is 0 Å². The van der Waals surface area contributed by atoms with Gasteiger partial charge in [-0.2, -0.15) is 0 Å². The molecule has 2 aromatic carbocycles. The number of amides is 3. The standard InChI is InChI=1S/C24H23N3O3S/c28-21(14-27-23(29)17-5-1-2-6-18(17)24(27)30)25-16-11-9-15(10-12-16)13-22-26-19-7-3-4-8-20(19)31-22/h3-4,7-12,17-18H,1-2,5-6,13-14H2,(H,25,28). The van der Waals surface area contributed by atoms with Crippen molar-refractivity contribution in [2.45, 2.75) is 32.1 Å². The fourth-order valence-electron chi connectivity index (χ4n) is 4.61. The average Bonchev–Trinajstić information content (AvgIpc) is 3.29. The molecule has 1 saturated heterocycles. The molecule has 158 valence electrons. The largest absolute Gasteiger partial charge is 0.325 e. The molecule has 1 aliphatic heterocycles. The molecule has 7 heteroatoms. The number of carbonyl (C=O) groups excluding carboxylic acids is 3. The van der Waals surface area contributed by atoms with E-state index in [1.165, 1.54) is 4.70 Å². The Morgan fingerprint density at radius 2 is 1.68 bits per heavy atom. The van der Waals surface area contributed by atoms with Crippen molar-refractivity contribution in [2.75, 3.05) is 11.9 Å². The summed E-state index contributed by atoms with van der Waals surface area (Å²) < 4.78 is 1.17. The molecule has 3 aromatic rings. The summed E-state index contributed by atoms with van der Waals surface area (Å²) in [6.45, 7) is -0.210. The van der Waals surface area contributed by atoms with E-state index in [4.69, 9.17) is 0 Å². The van der Waals surface area contributed by atoms with E-state index in [2.05, 4.69) is 16.4 Å². The van der Waals surface area contributed by atoms with E-state index in [1.54, 1.807) is 11.3 Å². The SMILES string of the molecule is O=C(CN1C(=O)C2CCCCC2C1=O)Nc1ccc(Cc2nc3ccccc3s2)cc1. The number of aromatic nitrogens is 1. The minimum atomic E-state index is -0.348. The van der Waals surface area contributed by atoms with Crippen LogP contribution in [0.15, 0.2) is 48.5 Å². The first-order chi connectivity index (χ1) is 15.1. The first-order valence-corrected chi connectivity index (χ1v) is 11.5. The summed E-state index contributed by atoms with van der Waals surface area (Å²) in [7, 11) is 0. The van der Waals surface area contributed by atoms with Crippen LogP contribution in [0.25, 0.3) is 10.2 Å². The van der Waals surface area contributed by atoms with Crippen molar-refractivity contribution in [1.29, 1.82) is 0 Å². The number of nitrogens with one attached hydrogen (secondary N) is 1. The molecule has 6 nitrogen and oxygen atoms in total. The maximum absolute atomic E-state index is 12.5. The molecule has 2 aliphatic rings. The molecule has 0 spiro atoms. The van der Waals surface area contributed by atoms with Crippen molar-refractivity contribution >= 4 is 45.0 Å². The highest BCUT2D eigenvalue weighted by atomic mass is 32.1. The lowest BCUT2D eigenvalue weighted by atomic mass is 9.81. The third kappa shape index (κ3) is 3.97. The first-order valence-electron chi connectivity index (χ1n) is 10.7. The van der Waals surface area contributed by atoms with Gasteiger partial charge in [-0.25, -0.2) is 4.98 Å². The van der Waals surface area contributed by atoms with E-state index in [0.717, 1.165) is 53.1 Å². The summed E-state index contributed by atoms with van der Waals surface area (Å²) in [6.07, 6.45) is 4.19. The van der Waals surface area contributed by atoms with Crippen LogP contribution in [0.5, 0.6) is 0 Å². The maximum Gasteiger partial charge on any atom is 0.244 e. The van der Waals surface area contributed by atoms with E-state index in [0.29, 0.717) is 5.69 Å². The van der Waals surface area contributed by atoms with Crippen molar-refractivity contribution in [3.63, 3.8) is 0 Å². The Labute approximate surface area is 184 Å². The van der Waals surface area contributed by atoms with Gasteiger partial charge in [0.25, 0.3) is 0 Å². The Morgan fingerprint density at radius 3 is 2.35 bits per heavy atom. The fourth-order valence-corrected chi connectivity index (χ4v) is 5.61. The zero-order chi connectivity index (χ0) is 21.4. The summed E-state index contributed by atoms with van der Waals surface area (Å²) in [4.78, 5) is 43.4. The number of thiazole rings is 1. The Morgan fingerprint density at radius 1 is 1.00 bits per heavy atom. The van der Waals surface area contributed by atoms with Gasteiger partial charge in [0, 0.05) is 12.1 Å². The molecule has 2 unspecified atom stereocenters. The summed E-state index contributed by atoms with van der Waals surface area (Å²) in [5, 5.41) is 3.85. The topological polar surface area (TPSA) is 79.4 Å². The summed E-state index contributed by atoms with van der Waals surface area (Å²) in [5.41, 5.74) is 2.76. The van der Waals surface area contributed by atoms with E-state index < -0.39 is 0 Å². The second-order valence-electron chi connectivity index (χ2n) is 8.26. The maximum atomic E-state index is 12.5. The number of likely N-dealkylation sites (tertiary alicyclic amines) is 1. The van der Waals surface area contributed by atoms with Gasteiger partial charge in [-0.05, 0) is 42.7 Å². The van der Waals surface area contributed by atoms with Gasteiger partial charge in [-0.3, -0.25) is 19.3 Å². The lowest BCUT2D eigenvalue weighted by molar-refractivity contribution is -0.142. The molecule has 2 atom stereocenters. The summed E-state index contributed by atoms with van der Waals surface area (Å²) in [6, 6.07) is 15.7. The van der Waals surface area contributed by atoms with Crippen LogP contribution in [0, 0.1) is 11.8 Å². The Kier molecular flexibility index (Phi) is 5.28. The molecule has 0 bridgehead atoms. The Bertz CT molecular complexity index is 1100. The molecule has 1 aliphatic carbocycles. The van der Waals surface area contributed by atoms with Crippen LogP contribution in [-0.2, 0) is 20.8 Å². The van der Waals surface area contributed by atoms with Crippen LogP contribution in [0.2, 0.25) is 0 Å². The second-order valence-corrected chi connectivity index (χ2v) is 9.37. The smallest absolute Gasteiger partial charge is 0.244 e. The van der Waals surface area contributed by atoms with Gasteiger partial charge in [0.15, 0.2) is 0 Å². The molecular weight excluding hydrogens is 410 g/mol. The number of carbonyl (C=O) groups is 3. The van der Waals surface area contributed by atoms with E-state index in [-0.39, 0.29) is 36.1 Å². The third-order valence-corrected chi connectivity index (χ3v) is 7.20. The number of para-hydroxylation sites is 1. The normalized spacial score (nSPS) is 20.8. The van der Waals surface area contributed by atoms with Crippen molar-refractivity contribution in [3.8, 4) is 0 Å². The highest BCUT2D eigenvalue weighted by Crippen LogP contribution is 2.37. The number of benzene rings is 2. The van der Waals surface area contributed by atoms with Gasteiger partial charge in [0.05, 0.1) is 27.1 Å². The Hall–Kier alpha value is -3.06. The zero-order valence-electron chi connectivity index (χ0n) is 17.0. The third-order valence-electron chi connectivity index (χ3n) is 6.17. The predicted molar refractivity (Wildman–Crippen MR) is 120 cm³/mol. The number of rotatable bonds is 5. The van der Waals surface area contributed by atoms with Crippen LogP contribution in [0.4, 0.5) is 5.69 Å². The molecule has 1 N–H and O–H groups in total. The molecule has 2 fully saturated rings. The minimum Gasteiger partial charge on any atom is -0.325 e. The van der Waals surface area contributed by atoms with Crippen LogP contribution < -0.4 is 5.32 Å². The van der Waals surface area contributed by atoms with E-state index in [9.17, 15) is 14.4 Å². The van der Waals surface area contributed by atoms with Crippen molar-refractivity contribution in [3.05, 3.63) is 59.1 Å². The van der Waals surface area contributed by atoms with E-state index in [1.807, 2.05) is 42.5 Å². The quantitative estimate of drug-likeness (QED) is 0.617. The lowest BCUT2D eigenvalue weighted by Gasteiger charge is -2.19. The summed E-state index contributed by atoms with van der Waals surface area (Å²) in [5.74, 6) is -1.17. The average molecular weight is 434 g/mol. The molecule has 5 rings (SSSR count). The molecule has 0 radical (unpaired) electrons. The number of hydrogen-bond acceptors (Lipinski definition) is 5. The number of fused-ring (bicyclic) bond motifs is 2. The number of anilines is 1. The first kappa shape index (κ1) is 19.9. The van der Waals surface area contributed by atoms with Crippen molar-refractivity contribution < 1.29 is 14.4 Å². The molecule has 2 heterocycles. The van der Waals surface area contributed by atoms with Gasteiger partial charge in [0.1, 0.15) is 6.54 Å². The minimum absolute atomic E-state index is 0.184. The molecule has 1 saturated carbocycles. The predicted octanol–water partition coefficient (Wildman–Crippen LogP) is 4.00. The second kappa shape index (κ2) is 8.23. The highest BCUT2D eigenvalue weighted by molar-refractivity contribution is 7.18. The molecule has 1 aromatic heterocycles. The monoisotopic (exact) mass is 433 g/mol. The van der Waals surface area contributed by atoms with Crippen LogP contribution in [0.3, 0.4) is 0 Å². The number of imide groups is 1. The molecule has 31 heavy (non-hydrogen) atoms.